The highest BCUT2D eigenvalue weighted by molar-refractivity contribution is 7.92. The van der Waals surface area contributed by atoms with Crippen LogP contribution < -0.4 is 5.32 Å². The SMILES string of the molecule is C#C/C=C(\C=C/CCC)N(CC(C)C)S(=O)(=O)c1ccc(NCC2(OC)CCOCC2)c(S(C)(=N)=O)c1. The van der Waals surface area contributed by atoms with E-state index in [-0.39, 0.29) is 22.3 Å². The Morgan fingerprint density at radius 1 is 1.32 bits per heavy atom. The first-order valence-corrected chi connectivity index (χ1v) is 15.9. The maximum atomic E-state index is 13.9. The van der Waals surface area contributed by atoms with Crippen LogP contribution in [0.4, 0.5) is 5.69 Å². The number of hydrogen-bond donors (Lipinski definition) is 2. The van der Waals surface area contributed by atoms with Crippen molar-refractivity contribution >= 4 is 25.4 Å². The third-order valence-electron chi connectivity index (χ3n) is 6.19. The van der Waals surface area contributed by atoms with Gasteiger partial charge in [0.2, 0.25) is 0 Å². The predicted octanol–water partition coefficient (Wildman–Crippen LogP) is 4.85. The fraction of sp³-hybridized carbons (Fsp3) is 0.556. The lowest BCUT2D eigenvalue weighted by Gasteiger charge is -2.36. The van der Waals surface area contributed by atoms with Crippen LogP contribution in [-0.2, 0) is 29.2 Å². The zero-order chi connectivity index (χ0) is 27.7. The van der Waals surface area contributed by atoms with Crippen LogP contribution in [0.3, 0.4) is 0 Å². The van der Waals surface area contributed by atoms with Crippen molar-refractivity contribution in [1.82, 2.24) is 4.31 Å². The Morgan fingerprint density at radius 2 is 2.00 bits per heavy atom. The molecule has 1 heterocycles. The average molecular weight is 552 g/mol. The van der Waals surface area contributed by atoms with Gasteiger partial charge in [-0.25, -0.2) is 17.4 Å². The summed E-state index contributed by atoms with van der Waals surface area (Å²) in [5.74, 6) is 2.47. The van der Waals surface area contributed by atoms with Gasteiger partial charge in [0.1, 0.15) is 0 Å². The zero-order valence-electron chi connectivity index (χ0n) is 22.6. The maximum absolute atomic E-state index is 13.9. The molecule has 1 atom stereocenters. The molecule has 1 saturated heterocycles. The summed E-state index contributed by atoms with van der Waals surface area (Å²) in [6.07, 6.45) is 15.0. The Labute approximate surface area is 223 Å². The van der Waals surface area contributed by atoms with Crippen LogP contribution in [0.5, 0.6) is 0 Å². The van der Waals surface area contributed by atoms with E-state index < -0.39 is 25.4 Å². The largest absolute Gasteiger partial charge is 0.381 e. The molecule has 8 nitrogen and oxygen atoms in total. The van der Waals surface area contributed by atoms with Crippen molar-refractivity contribution < 1.29 is 22.1 Å². The molecule has 0 spiro atoms. The lowest BCUT2D eigenvalue weighted by Crippen LogP contribution is -2.44. The van der Waals surface area contributed by atoms with Gasteiger partial charge in [0.15, 0.2) is 0 Å². The first kappa shape index (κ1) is 30.9. The van der Waals surface area contributed by atoms with E-state index in [2.05, 4.69) is 11.2 Å². The highest BCUT2D eigenvalue weighted by Crippen LogP contribution is 2.31. The van der Waals surface area contributed by atoms with Gasteiger partial charge >= 0.3 is 0 Å². The molecular weight excluding hydrogens is 510 g/mol. The highest BCUT2D eigenvalue weighted by atomic mass is 32.2. The molecule has 0 bridgehead atoms. The Kier molecular flexibility index (Phi) is 11.2. The molecule has 0 aromatic heterocycles. The average Bonchev–Trinajstić information content (AvgIpc) is 2.85. The van der Waals surface area contributed by atoms with Crippen molar-refractivity contribution in [3.63, 3.8) is 0 Å². The van der Waals surface area contributed by atoms with E-state index in [9.17, 15) is 12.6 Å². The normalized spacial score (nSPS) is 17.9. The number of rotatable bonds is 13. The maximum Gasteiger partial charge on any atom is 0.264 e. The fourth-order valence-electron chi connectivity index (χ4n) is 4.04. The first-order valence-electron chi connectivity index (χ1n) is 12.5. The Hall–Kier alpha value is -2.32. The standard InChI is InChI=1S/C27H41N3O5S2/c1-7-9-10-12-23(11-8-2)30(20-22(3)4)37(32,33)24-13-14-25(26(19-24)36(6,28)31)29-21-27(34-5)15-17-35-18-16-27/h2,10-14,19,22,28-29H,7,9,15-18,20-21H2,1,3-6H3/b12-10-,23-11+. The summed E-state index contributed by atoms with van der Waals surface area (Å²) in [5.41, 5.74) is 0.380. The number of terminal acetylenes is 1. The number of nitrogens with zero attached hydrogens (tertiary/aromatic N) is 1. The molecule has 1 aromatic rings. The van der Waals surface area contributed by atoms with Crippen molar-refractivity contribution in [3.8, 4) is 12.3 Å². The minimum Gasteiger partial charge on any atom is -0.381 e. The van der Waals surface area contributed by atoms with E-state index in [1.54, 1.807) is 19.3 Å². The number of allylic oxidation sites excluding steroid dienone is 3. The molecule has 0 saturated carbocycles. The monoisotopic (exact) mass is 551 g/mol. The molecule has 0 amide bonds. The van der Waals surface area contributed by atoms with E-state index in [0.29, 0.717) is 44.0 Å². The van der Waals surface area contributed by atoms with Crippen LogP contribution in [0.1, 0.15) is 46.5 Å². The van der Waals surface area contributed by atoms with Crippen LogP contribution in [0, 0.1) is 23.0 Å². The van der Waals surface area contributed by atoms with Crippen LogP contribution in [0.2, 0.25) is 0 Å². The molecule has 2 N–H and O–H groups in total. The molecular formula is C27H41N3O5S2. The molecule has 2 rings (SSSR count). The van der Waals surface area contributed by atoms with E-state index in [1.165, 1.54) is 28.8 Å². The molecule has 1 fully saturated rings. The van der Waals surface area contributed by atoms with Crippen LogP contribution >= 0.6 is 0 Å². The third-order valence-corrected chi connectivity index (χ3v) is 9.16. The number of hydrogen-bond acceptors (Lipinski definition) is 7. The van der Waals surface area contributed by atoms with Gasteiger partial charge < -0.3 is 14.8 Å². The number of anilines is 1. The van der Waals surface area contributed by atoms with Crippen molar-refractivity contribution in [2.75, 3.05) is 45.0 Å². The van der Waals surface area contributed by atoms with E-state index >= 15 is 0 Å². The summed E-state index contributed by atoms with van der Waals surface area (Å²) in [7, 11) is -5.68. The van der Waals surface area contributed by atoms with Crippen molar-refractivity contribution in [2.45, 2.75) is 61.8 Å². The van der Waals surface area contributed by atoms with Gasteiger partial charge in [-0.1, -0.05) is 39.2 Å². The van der Waals surface area contributed by atoms with Crippen molar-refractivity contribution in [2.24, 2.45) is 5.92 Å². The van der Waals surface area contributed by atoms with Gasteiger partial charge in [-0.15, -0.1) is 6.42 Å². The van der Waals surface area contributed by atoms with Crippen molar-refractivity contribution in [3.05, 3.63) is 42.1 Å². The highest BCUT2D eigenvalue weighted by Gasteiger charge is 2.33. The number of sulfonamides is 1. The Bertz CT molecular complexity index is 1220. The van der Waals surface area contributed by atoms with E-state index in [1.807, 2.05) is 26.8 Å². The molecule has 1 aliphatic rings. The summed E-state index contributed by atoms with van der Waals surface area (Å²) in [6.45, 7) is 7.67. The number of ether oxygens (including phenoxy) is 2. The minimum absolute atomic E-state index is 0.0206. The second kappa shape index (κ2) is 13.5. The van der Waals surface area contributed by atoms with Gasteiger partial charge in [0.05, 0.1) is 36.5 Å². The van der Waals surface area contributed by atoms with E-state index in [0.717, 1.165) is 12.8 Å². The summed E-state index contributed by atoms with van der Waals surface area (Å²) < 4.78 is 61.5. The number of unbranched alkanes of at least 4 members (excludes halogenated alkanes) is 1. The van der Waals surface area contributed by atoms with Gasteiger partial charge in [0.25, 0.3) is 10.0 Å². The molecule has 0 aliphatic carbocycles. The van der Waals surface area contributed by atoms with Gasteiger partial charge in [0, 0.05) is 58.6 Å². The zero-order valence-corrected chi connectivity index (χ0v) is 24.2. The van der Waals surface area contributed by atoms with Gasteiger partial charge in [-0.2, -0.15) is 0 Å². The second-order valence-electron chi connectivity index (χ2n) is 9.71. The summed E-state index contributed by atoms with van der Waals surface area (Å²) in [6, 6.07) is 4.40. The molecule has 1 unspecified atom stereocenters. The summed E-state index contributed by atoms with van der Waals surface area (Å²) in [4.78, 5) is 0.0789. The van der Waals surface area contributed by atoms with Crippen molar-refractivity contribution in [1.29, 1.82) is 4.78 Å². The minimum atomic E-state index is -4.07. The lowest BCUT2D eigenvalue weighted by atomic mass is 9.94. The third kappa shape index (κ3) is 8.34. The second-order valence-corrected chi connectivity index (χ2v) is 13.7. The summed E-state index contributed by atoms with van der Waals surface area (Å²) in [5, 5.41) is 3.26. The van der Waals surface area contributed by atoms with Crippen LogP contribution in [0.25, 0.3) is 0 Å². The lowest BCUT2D eigenvalue weighted by molar-refractivity contribution is -0.0807. The van der Waals surface area contributed by atoms with Crippen LogP contribution in [0.15, 0.2) is 51.9 Å². The molecule has 0 radical (unpaired) electrons. The summed E-state index contributed by atoms with van der Waals surface area (Å²) >= 11 is 0. The number of methoxy groups -OCH3 is 1. The quantitative estimate of drug-likeness (QED) is 0.268. The van der Waals surface area contributed by atoms with Gasteiger partial charge in [-0.05, 0) is 36.6 Å². The number of benzene rings is 1. The van der Waals surface area contributed by atoms with Gasteiger partial charge in [-0.3, -0.25) is 4.31 Å². The molecule has 37 heavy (non-hydrogen) atoms. The van der Waals surface area contributed by atoms with Crippen LogP contribution in [-0.4, -0.2) is 62.2 Å². The molecule has 10 heteroatoms. The molecule has 1 aliphatic heterocycles. The predicted molar refractivity (Wildman–Crippen MR) is 149 cm³/mol. The molecule has 1 aromatic carbocycles. The molecule has 206 valence electrons. The topological polar surface area (TPSA) is 109 Å². The number of nitrogens with one attached hydrogen (secondary N) is 2. The van der Waals surface area contributed by atoms with E-state index in [4.69, 9.17) is 20.7 Å². The fourth-order valence-corrected chi connectivity index (χ4v) is 6.68. The Morgan fingerprint density at radius 3 is 2.54 bits per heavy atom. The first-order chi connectivity index (χ1) is 17.4. The Balaban J connectivity index is 2.53. The smallest absolute Gasteiger partial charge is 0.264 e.